The molecule has 3 aliphatic carbocycles. The van der Waals surface area contributed by atoms with E-state index in [9.17, 15) is 31.4 Å². The molecular weight excluding hydrogens is 342 g/mol. The van der Waals surface area contributed by atoms with Crippen molar-refractivity contribution in [3.05, 3.63) is 12.2 Å². The number of methoxy groups -OCH3 is 1. The van der Waals surface area contributed by atoms with Crippen molar-refractivity contribution in [1.29, 1.82) is 0 Å². The number of ether oxygens (including phenoxy) is 2. The fourth-order valence-corrected chi connectivity index (χ4v) is 4.91. The molecule has 2 fully saturated rings. The van der Waals surface area contributed by atoms with Crippen LogP contribution in [0.1, 0.15) is 12.8 Å². The highest BCUT2D eigenvalue weighted by Gasteiger charge is 2.79. The summed E-state index contributed by atoms with van der Waals surface area (Å²) in [6.45, 7) is -1.16. The van der Waals surface area contributed by atoms with Crippen LogP contribution in [0.5, 0.6) is 0 Å². The summed E-state index contributed by atoms with van der Waals surface area (Å²) in [4.78, 5) is 0. The predicted octanol–water partition coefficient (Wildman–Crippen LogP) is 3.29. The molecule has 1 N–H and O–H groups in total. The second-order valence-corrected chi connectivity index (χ2v) is 6.80. The van der Waals surface area contributed by atoms with Gasteiger partial charge in [0.05, 0.1) is 6.10 Å². The van der Waals surface area contributed by atoms with E-state index in [1.165, 1.54) is 0 Å². The fraction of sp³-hybridized carbons (Fsp3) is 0.867. The molecule has 0 aromatic heterocycles. The quantitative estimate of drug-likeness (QED) is 0.475. The van der Waals surface area contributed by atoms with Crippen molar-refractivity contribution < 1.29 is 40.9 Å². The van der Waals surface area contributed by atoms with Gasteiger partial charge in [-0.25, -0.2) is 0 Å². The molecule has 138 valence electrons. The summed E-state index contributed by atoms with van der Waals surface area (Å²) in [5, 5.41) is 10.4. The number of aliphatic hydroxyl groups is 1. The Hall–Kier alpha value is -0.800. The van der Waals surface area contributed by atoms with Gasteiger partial charge in [0.25, 0.3) is 5.60 Å². The molecule has 0 saturated heterocycles. The molecule has 0 aliphatic heterocycles. The lowest BCUT2D eigenvalue weighted by Crippen LogP contribution is -2.65. The zero-order valence-electron chi connectivity index (χ0n) is 12.8. The van der Waals surface area contributed by atoms with Crippen molar-refractivity contribution in [3.63, 3.8) is 0 Å². The Labute approximate surface area is 134 Å². The first-order chi connectivity index (χ1) is 11.0. The fourth-order valence-electron chi connectivity index (χ4n) is 4.91. The van der Waals surface area contributed by atoms with Gasteiger partial charge in [0, 0.05) is 13.0 Å². The third-order valence-electron chi connectivity index (χ3n) is 5.79. The number of rotatable bonds is 4. The Bertz CT molecular complexity index is 500. The molecule has 6 unspecified atom stereocenters. The minimum atomic E-state index is -5.72. The Morgan fingerprint density at radius 2 is 1.58 bits per heavy atom. The van der Waals surface area contributed by atoms with Crippen molar-refractivity contribution in [2.45, 2.75) is 36.9 Å². The summed E-state index contributed by atoms with van der Waals surface area (Å²) >= 11 is 0. The maximum atomic E-state index is 13.6. The molecule has 3 aliphatic rings. The van der Waals surface area contributed by atoms with Gasteiger partial charge in [0.15, 0.2) is 0 Å². The van der Waals surface area contributed by atoms with Crippen LogP contribution in [0.15, 0.2) is 12.2 Å². The van der Waals surface area contributed by atoms with Crippen LogP contribution in [0.2, 0.25) is 0 Å². The molecule has 3 nitrogen and oxygen atoms in total. The van der Waals surface area contributed by atoms with E-state index in [1.54, 1.807) is 6.08 Å². The second-order valence-electron chi connectivity index (χ2n) is 6.80. The highest BCUT2D eigenvalue weighted by atomic mass is 19.4. The predicted molar refractivity (Wildman–Crippen MR) is 69.6 cm³/mol. The van der Waals surface area contributed by atoms with E-state index >= 15 is 0 Å². The van der Waals surface area contributed by atoms with Crippen LogP contribution in [-0.4, -0.2) is 43.1 Å². The first-order valence-corrected chi connectivity index (χ1v) is 7.67. The highest BCUT2D eigenvalue weighted by molar-refractivity contribution is 5.21. The largest absolute Gasteiger partial charge is 0.426 e. The van der Waals surface area contributed by atoms with Crippen molar-refractivity contribution in [2.24, 2.45) is 29.6 Å². The minimum absolute atomic E-state index is 0.0683. The molecule has 0 aromatic rings. The van der Waals surface area contributed by atoms with Crippen molar-refractivity contribution in [2.75, 3.05) is 13.9 Å². The minimum Gasteiger partial charge on any atom is -0.392 e. The molecule has 0 spiro atoms. The third kappa shape index (κ3) is 2.31. The molecule has 0 radical (unpaired) electrons. The first kappa shape index (κ1) is 18.0. The number of allylic oxidation sites excluding steroid dienone is 2. The average Bonchev–Trinajstić information content (AvgIpc) is 3.11. The molecule has 0 heterocycles. The molecule has 2 saturated carbocycles. The van der Waals surface area contributed by atoms with Crippen molar-refractivity contribution >= 4 is 0 Å². The van der Waals surface area contributed by atoms with Crippen LogP contribution in [-0.2, 0) is 9.47 Å². The number of halogens is 6. The summed E-state index contributed by atoms with van der Waals surface area (Å²) in [7, 11) is 0.946. The molecule has 3 rings (SSSR count). The van der Waals surface area contributed by atoms with Crippen LogP contribution in [0.4, 0.5) is 26.3 Å². The van der Waals surface area contributed by atoms with Gasteiger partial charge in [-0.1, -0.05) is 12.2 Å². The maximum absolute atomic E-state index is 13.6. The van der Waals surface area contributed by atoms with E-state index in [-0.39, 0.29) is 24.2 Å². The topological polar surface area (TPSA) is 38.7 Å². The Morgan fingerprint density at radius 1 is 1.00 bits per heavy atom. The molecule has 0 amide bonds. The van der Waals surface area contributed by atoms with E-state index < -0.39 is 42.7 Å². The van der Waals surface area contributed by atoms with Gasteiger partial charge < -0.3 is 14.6 Å². The first-order valence-electron chi connectivity index (χ1n) is 7.67. The van der Waals surface area contributed by atoms with Crippen LogP contribution >= 0.6 is 0 Å². The molecule has 0 aromatic carbocycles. The molecule has 2 bridgehead atoms. The van der Waals surface area contributed by atoms with E-state index in [2.05, 4.69) is 9.47 Å². The van der Waals surface area contributed by atoms with Crippen molar-refractivity contribution in [1.82, 2.24) is 0 Å². The van der Waals surface area contributed by atoms with Crippen LogP contribution in [0, 0.1) is 29.6 Å². The Balaban J connectivity index is 2.00. The molecule has 6 atom stereocenters. The van der Waals surface area contributed by atoms with Gasteiger partial charge in [-0.05, 0) is 36.5 Å². The summed E-state index contributed by atoms with van der Waals surface area (Å²) in [6.07, 6.45) is -9.24. The molecule has 9 heteroatoms. The lowest BCUT2D eigenvalue weighted by molar-refractivity contribution is -0.413. The summed E-state index contributed by atoms with van der Waals surface area (Å²) in [5.41, 5.74) is -4.43. The lowest BCUT2D eigenvalue weighted by atomic mass is 9.79. The van der Waals surface area contributed by atoms with E-state index in [0.717, 1.165) is 7.11 Å². The summed E-state index contributed by atoms with van der Waals surface area (Å²) < 4.78 is 90.1. The zero-order chi connectivity index (χ0) is 17.9. The number of hydrogen-bond acceptors (Lipinski definition) is 3. The maximum Gasteiger partial charge on any atom is 0.426 e. The normalized spacial score (nSPS) is 38.8. The number of aliphatic hydroxyl groups excluding tert-OH is 1. The van der Waals surface area contributed by atoms with E-state index in [0.29, 0.717) is 6.42 Å². The second kappa shape index (κ2) is 5.60. The van der Waals surface area contributed by atoms with Gasteiger partial charge in [-0.3, -0.25) is 0 Å². The van der Waals surface area contributed by atoms with Gasteiger partial charge in [-0.15, -0.1) is 0 Å². The zero-order valence-corrected chi connectivity index (χ0v) is 12.8. The SMILES string of the molecule is COCOC(C1CC2C3C=CC(C3)C2C1O)(C(F)(F)F)C(F)(F)F. The summed E-state index contributed by atoms with van der Waals surface area (Å²) in [5.74, 6) is -3.30. The third-order valence-corrected chi connectivity index (χ3v) is 5.79. The van der Waals surface area contributed by atoms with Gasteiger partial charge >= 0.3 is 12.4 Å². The van der Waals surface area contributed by atoms with E-state index in [1.807, 2.05) is 6.08 Å². The smallest absolute Gasteiger partial charge is 0.392 e. The van der Waals surface area contributed by atoms with Gasteiger partial charge in [-0.2, -0.15) is 26.3 Å². The lowest BCUT2D eigenvalue weighted by Gasteiger charge is -2.42. The van der Waals surface area contributed by atoms with Crippen LogP contribution in [0.25, 0.3) is 0 Å². The highest BCUT2D eigenvalue weighted by Crippen LogP contribution is 2.63. The van der Waals surface area contributed by atoms with E-state index in [4.69, 9.17) is 0 Å². The number of fused-ring (bicyclic) bond motifs is 5. The molecule has 24 heavy (non-hydrogen) atoms. The van der Waals surface area contributed by atoms with Crippen molar-refractivity contribution in [3.8, 4) is 0 Å². The Kier molecular flexibility index (Phi) is 4.20. The molecular formula is C15H18F6O3. The number of hydrogen-bond donors (Lipinski definition) is 1. The van der Waals surface area contributed by atoms with Gasteiger partial charge in [0.1, 0.15) is 6.79 Å². The van der Waals surface area contributed by atoms with Gasteiger partial charge in [0.2, 0.25) is 0 Å². The Morgan fingerprint density at radius 3 is 2.08 bits per heavy atom. The standard InChI is InChI=1S/C15H18F6O3/c1-23-6-24-13(14(16,17)18,15(19,20)21)10-5-9-7-2-3-8(4-7)11(9)12(10)22/h2-3,7-12,22H,4-6H2,1H3. The van der Waals surface area contributed by atoms with Crippen LogP contribution in [0.3, 0.4) is 0 Å². The monoisotopic (exact) mass is 360 g/mol. The number of alkyl halides is 6. The summed E-state index contributed by atoms with van der Waals surface area (Å²) in [6, 6.07) is 0. The van der Waals surface area contributed by atoms with Crippen LogP contribution < -0.4 is 0 Å². The average molecular weight is 360 g/mol.